The van der Waals surface area contributed by atoms with Crippen molar-refractivity contribution in [1.82, 2.24) is 4.90 Å². The first-order chi connectivity index (χ1) is 9.38. The largest absolute Gasteiger partial charge is 0.490 e. The Bertz CT molecular complexity index is 480. The average Bonchev–Trinajstić information content (AvgIpc) is 2.73. The molecule has 1 aliphatic rings. The molecule has 1 amide bonds. The SMILES string of the molecule is CC(C)(C)C1CC(=O)N(CCOc2ccccc2N)C1. The van der Waals surface area contributed by atoms with Crippen molar-refractivity contribution in [3.05, 3.63) is 24.3 Å². The van der Waals surface area contributed by atoms with Crippen molar-refractivity contribution in [1.29, 1.82) is 0 Å². The quantitative estimate of drug-likeness (QED) is 0.860. The van der Waals surface area contributed by atoms with Crippen molar-refractivity contribution in [2.24, 2.45) is 11.3 Å². The third-order valence-electron chi connectivity index (χ3n) is 3.98. The molecule has 110 valence electrons. The molecule has 0 bridgehead atoms. The summed E-state index contributed by atoms with van der Waals surface area (Å²) in [5.74, 6) is 1.35. The second-order valence-electron chi connectivity index (χ2n) is 6.49. The van der Waals surface area contributed by atoms with Crippen molar-refractivity contribution in [3.63, 3.8) is 0 Å². The van der Waals surface area contributed by atoms with Gasteiger partial charge in [-0.15, -0.1) is 0 Å². The molecule has 1 aromatic carbocycles. The molecule has 1 saturated heterocycles. The van der Waals surface area contributed by atoms with Crippen LogP contribution in [0, 0.1) is 11.3 Å². The maximum Gasteiger partial charge on any atom is 0.223 e. The van der Waals surface area contributed by atoms with Crippen molar-refractivity contribution in [3.8, 4) is 5.75 Å². The summed E-state index contributed by atoms with van der Waals surface area (Å²) in [5, 5.41) is 0. The minimum atomic E-state index is 0.176. The molecule has 1 unspecified atom stereocenters. The maximum absolute atomic E-state index is 12.0. The predicted molar refractivity (Wildman–Crippen MR) is 80.5 cm³/mol. The second kappa shape index (κ2) is 5.73. The van der Waals surface area contributed by atoms with Gasteiger partial charge in [0.15, 0.2) is 0 Å². The summed E-state index contributed by atoms with van der Waals surface area (Å²) in [6, 6.07) is 7.42. The van der Waals surface area contributed by atoms with Gasteiger partial charge in [0, 0.05) is 13.0 Å². The zero-order valence-electron chi connectivity index (χ0n) is 12.6. The van der Waals surface area contributed by atoms with Gasteiger partial charge in [-0.3, -0.25) is 4.79 Å². The second-order valence-corrected chi connectivity index (χ2v) is 6.49. The lowest BCUT2D eigenvalue weighted by atomic mass is 9.80. The monoisotopic (exact) mass is 276 g/mol. The zero-order chi connectivity index (χ0) is 14.8. The lowest BCUT2D eigenvalue weighted by molar-refractivity contribution is -0.128. The summed E-state index contributed by atoms with van der Waals surface area (Å²) in [6.45, 7) is 8.51. The molecule has 2 N–H and O–H groups in total. The fraction of sp³-hybridized carbons (Fsp3) is 0.562. The van der Waals surface area contributed by atoms with E-state index in [1.165, 1.54) is 0 Å². The lowest BCUT2D eigenvalue weighted by Crippen LogP contribution is -2.31. The van der Waals surface area contributed by atoms with Crippen molar-refractivity contribution < 1.29 is 9.53 Å². The Balaban J connectivity index is 1.83. The summed E-state index contributed by atoms with van der Waals surface area (Å²) in [4.78, 5) is 13.9. The number of nitrogens with zero attached hydrogens (tertiary/aromatic N) is 1. The van der Waals surface area contributed by atoms with E-state index in [0.29, 0.717) is 36.9 Å². The van der Waals surface area contributed by atoms with Gasteiger partial charge in [0.1, 0.15) is 12.4 Å². The highest BCUT2D eigenvalue weighted by Gasteiger charge is 2.36. The van der Waals surface area contributed by atoms with E-state index in [9.17, 15) is 4.79 Å². The Morgan fingerprint density at radius 3 is 2.65 bits per heavy atom. The number of likely N-dealkylation sites (tertiary alicyclic amines) is 1. The van der Waals surface area contributed by atoms with Crippen LogP contribution in [0.15, 0.2) is 24.3 Å². The fourth-order valence-corrected chi connectivity index (χ4v) is 2.45. The van der Waals surface area contributed by atoms with Gasteiger partial charge in [-0.05, 0) is 23.5 Å². The highest BCUT2D eigenvalue weighted by atomic mass is 16.5. The predicted octanol–water partition coefficient (Wildman–Crippen LogP) is 2.54. The molecule has 0 aliphatic carbocycles. The highest BCUT2D eigenvalue weighted by Crippen LogP contribution is 2.34. The summed E-state index contributed by atoms with van der Waals surface area (Å²) in [6.07, 6.45) is 0.650. The topological polar surface area (TPSA) is 55.6 Å². The Hall–Kier alpha value is -1.71. The number of carbonyl (C=O) groups excluding carboxylic acids is 1. The van der Waals surface area contributed by atoms with Gasteiger partial charge < -0.3 is 15.4 Å². The van der Waals surface area contributed by atoms with E-state index < -0.39 is 0 Å². The number of para-hydroxylation sites is 2. The lowest BCUT2D eigenvalue weighted by Gasteiger charge is -2.26. The summed E-state index contributed by atoms with van der Waals surface area (Å²) in [7, 11) is 0. The molecule has 4 heteroatoms. The Labute approximate surface area is 120 Å². The smallest absolute Gasteiger partial charge is 0.223 e. The number of hydrogen-bond donors (Lipinski definition) is 1. The third-order valence-corrected chi connectivity index (χ3v) is 3.98. The van der Waals surface area contributed by atoms with E-state index in [0.717, 1.165) is 6.54 Å². The van der Waals surface area contributed by atoms with E-state index in [1.54, 1.807) is 0 Å². The van der Waals surface area contributed by atoms with Crippen LogP contribution in [0.25, 0.3) is 0 Å². The standard InChI is InChI=1S/C16H24N2O2/c1-16(2,3)12-10-15(19)18(11-12)8-9-20-14-7-5-4-6-13(14)17/h4-7,12H,8-11,17H2,1-3H3. The van der Waals surface area contributed by atoms with Gasteiger partial charge in [-0.2, -0.15) is 0 Å². The van der Waals surface area contributed by atoms with Gasteiger partial charge in [0.05, 0.1) is 12.2 Å². The number of nitrogen functional groups attached to an aromatic ring is 1. The molecule has 1 fully saturated rings. The van der Waals surface area contributed by atoms with Gasteiger partial charge >= 0.3 is 0 Å². The molecule has 1 aliphatic heterocycles. The first-order valence-corrected chi connectivity index (χ1v) is 7.13. The number of carbonyl (C=O) groups is 1. The van der Waals surface area contributed by atoms with E-state index in [2.05, 4.69) is 20.8 Å². The Morgan fingerprint density at radius 1 is 1.35 bits per heavy atom. The molecule has 1 aromatic rings. The Morgan fingerprint density at radius 2 is 2.05 bits per heavy atom. The number of rotatable bonds is 4. The van der Waals surface area contributed by atoms with Gasteiger partial charge in [-0.1, -0.05) is 32.9 Å². The van der Waals surface area contributed by atoms with Crippen LogP contribution in [0.4, 0.5) is 5.69 Å². The molecule has 0 aromatic heterocycles. The third kappa shape index (κ3) is 3.44. The van der Waals surface area contributed by atoms with Crippen LogP contribution in [-0.2, 0) is 4.79 Å². The fourth-order valence-electron chi connectivity index (χ4n) is 2.45. The molecule has 1 heterocycles. The van der Waals surface area contributed by atoms with Crippen molar-refractivity contribution in [2.75, 3.05) is 25.4 Å². The number of amides is 1. The molecule has 4 nitrogen and oxygen atoms in total. The van der Waals surface area contributed by atoms with Crippen LogP contribution in [0.3, 0.4) is 0 Å². The number of hydrogen-bond acceptors (Lipinski definition) is 3. The Kier molecular flexibility index (Phi) is 4.21. The summed E-state index contributed by atoms with van der Waals surface area (Å²) < 4.78 is 5.65. The maximum atomic E-state index is 12.0. The molecule has 2 rings (SSSR count). The first kappa shape index (κ1) is 14.7. The molecule has 20 heavy (non-hydrogen) atoms. The van der Waals surface area contributed by atoms with E-state index in [-0.39, 0.29) is 11.3 Å². The van der Waals surface area contributed by atoms with Crippen molar-refractivity contribution >= 4 is 11.6 Å². The van der Waals surface area contributed by atoms with Crippen LogP contribution >= 0.6 is 0 Å². The first-order valence-electron chi connectivity index (χ1n) is 7.13. The van der Waals surface area contributed by atoms with Gasteiger partial charge in [-0.25, -0.2) is 0 Å². The van der Waals surface area contributed by atoms with Gasteiger partial charge in [0.25, 0.3) is 0 Å². The summed E-state index contributed by atoms with van der Waals surface area (Å²) >= 11 is 0. The number of nitrogens with two attached hydrogens (primary N) is 1. The number of anilines is 1. The van der Waals surface area contributed by atoms with Crippen LogP contribution < -0.4 is 10.5 Å². The molecule has 0 spiro atoms. The van der Waals surface area contributed by atoms with E-state index >= 15 is 0 Å². The molecular formula is C16H24N2O2. The summed E-state index contributed by atoms with van der Waals surface area (Å²) in [5.41, 5.74) is 6.62. The zero-order valence-corrected chi connectivity index (χ0v) is 12.6. The van der Waals surface area contributed by atoms with E-state index in [1.807, 2.05) is 29.2 Å². The van der Waals surface area contributed by atoms with Crippen LogP contribution in [0.2, 0.25) is 0 Å². The van der Waals surface area contributed by atoms with Crippen molar-refractivity contribution in [2.45, 2.75) is 27.2 Å². The van der Waals surface area contributed by atoms with Crippen LogP contribution in [-0.4, -0.2) is 30.5 Å². The number of benzene rings is 1. The van der Waals surface area contributed by atoms with Crippen LogP contribution in [0.5, 0.6) is 5.75 Å². The average molecular weight is 276 g/mol. The highest BCUT2D eigenvalue weighted by molar-refractivity contribution is 5.78. The molecule has 0 saturated carbocycles. The minimum absolute atomic E-state index is 0.176. The van der Waals surface area contributed by atoms with E-state index in [4.69, 9.17) is 10.5 Å². The van der Waals surface area contributed by atoms with Gasteiger partial charge in [0.2, 0.25) is 5.91 Å². The van der Waals surface area contributed by atoms with Crippen LogP contribution in [0.1, 0.15) is 27.2 Å². The molecular weight excluding hydrogens is 252 g/mol. The minimum Gasteiger partial charge on any atom is -0.490 e. The number of ether oxygens (including phenoxy) is 1. The molecule has 1 atom stereocenters. The molecule has 0 radical (unpaired) electrons. The normalized spacial score (nSPS) is 19.4.